The lowest BCUT2D eigenvalue weighted by molar-refractivity contribution is 0.0906. The van der Waals surface area contributed by atoms with Gasteiger partial charge in [0, 0.05) is 12.5 Å². The molecular weight excluding hydrogens is 374 g/mol. The Bertz CT molecular complexity index is 990. The second kappa shape index (κ2) is 9.22. The van der Waals surface area contributed by atoms with Gasteiger partial charge in [0.05, 0.1) is 5.69 Å². The maximum absolute atomic E-state index is 12.9. The number of rotatable bonds is 6. The quantitative estimate of drug-likeness (QED) is 0.687. The van der Waals surface area contributed by atoms with Crippen molar-refractivity contribution in [3.05, 3.63) is 77.4 Å². The van der Waals surface area contributed by atoms with Crippen molar-refractivity contribution >= 4 is 5.91 Å². The Hall–Kier alpha value is -2.99. The number of nitrogens with one attached hydrogen (secondary N) is 1. The highest BCUT2D eigenvalue weighted by Crippen LogP contribution is 2.17. The number of likely N-dealkylation sites (tertiary alicyclic amines) is 1. The average molecular weight is 404 g/mol. The van der Waals surface area contributed by atoms with Crippen LogP contribution in [0, 0.1) is 6.92 Å². The standard InChI is InChI=1S/C24H29N5O/c1-18-8-6-7-11-21(18)29-22(13-12-19-9-4-3-5-10-19)26-23(27-29)24(30)25-20-14-16-28(2)17-15-20/h3-11,20H,12-17H2,1-2H3,(H,25,30). The smallest absolute Gasteiger partial charge is 0.291 e. The van der Waals surface area contributed by atoms with Crippen molar-refractivity contribution in [2.24, 2.45) is 0 Å². The summed E-state index contributed by atoms with van der Waals surface area (Å²) in [5.74, 6) is 0.875. The average Bonchev–Trinajstić information content (AvgIpc) is 3.19. The largest absolute Gasteiger partial charge is 0.346 e. The topological polar surface area (TPSA) is 63.1 Å². The lowest BCUT2D eigenvalue weighted by atomic mass is 10.1. The van der Waals surface area contributed by atoms with Gasteiger partial charge in [0.15, 0.2) is 0 Å². The number of hydrogen-bond acceptors (Lipinski definition) is 4. The van der Waals surface area contributed by atoms with Crippen LogP contribution < -0.4 is 5.32 Å². The van der Waals surface area contributed by atoms with E-state index >= 15 is 0 Å². The Labute approximate surface area is 177 Å². The highest BCUT2D eigenvalue weighted by Gasteiger charge is 2.23. The van der Waals surface area contributed by atoms with Crippen molar-refractivity contribution in [3.63, 3.8) is 0 Å². The first kappa shape index (κ1) is 20.3. The summed E-state index contributed by atoms with van der Waals surface area (Å²) in [4.78, 5) is 19.8. The zero-order chi connectivity index (χ0) is 20.9. The zero-order valence-corrected chi connectivity index (χ0v) is 17.7. The van der Waals surface area contributed by atoms with Crippen molar-refractivity contribution in [2.75, 3.05) is 20.1 Å². The first-order chi connectivity index (χ1) is 14.6. The number of aromatic nitrogens is 3. The van der Waals surface area contributed by atoms with Gasteiger partial charge >= 0.3 is 0 Å². The van der Waals surface area contributed by atoms with E-state index in [0.717, 1.165) is 49.4 Å². The number of piperidine rings is 1. The first-order valence-electron chi connectivity index (χ1n) is 10.7. The molecule has 0 bridgehead atoms. The molecule has 1 amide bonds. The first-order valence-corrected chi connectivity index (χ1v) is 10.7. The van der Waals surface area contributed by atoms with Gasteiger partial charge in [-0.3, -0.25) is 4.79 Å². The summed E-state index contributed by atoms with van der Waals surface area (Å²) in [5.41, 5.74) is 3.31. The van der Waals surface area contributed by atoms with Crippen molar-refractivity contribution < 1.29 is 4.79 Å². The minimum Gasteiger partial charge on any atom is -0.346 e. The fraction of sp³-hybridized carbons (Fsp3) is 0.375. The molecule has 30 heavy (non-hydrogen) atoms. The van der Waals surface area contributed by atoms with Crippen molar-refractivity contribution in [1.29, 1.82) is 0 Å². The van der Waals surface area contributed by atoms with E-state index in [9.17, 15) is 4.79 Å². The highest BCUT2D eigenvalue weighted by molar-refractivity contribution is 5.90. The Balaban J connectivity index is 1.57. The molecule has 6 nitrogen and oxygen atoms in total. The molecule has 1 fully saturated rings. The third kappa shape index (κ3) is 4.76. The van der Waals surface area contributed by atoms with Gasteiger partial charge < -0.3 is 10.2 Å². The molecule has 4 rings (SSSR count). The number of benzene rings is 2. The molecule has 1 aromatic heterocycles. The number of para-hydroxylation sites is 1. The summed E-state index contributed by atoms with van der Waals surface area (Å²) in [7, 11) is 2.11. The lowest BCUT2D eigenvalue weighted by Gasteiger charge is -2.29. The van der Waals surface area contributed by atoms with Crippen LogP contribution in [0.25, 0.3) is 5.69 Å². The third-order valence-corrected chi connectivity index (χ3v) is 5.75. The van der Waals surface area contributed by atoms with Gasteiger partial charge in [-0.1, -0.05) is 48.5 Å². The molecule has 1 N–H and O–H groups in total. The van der Waals surface area contributed by atoms with Gasteiger partial charge in [-0.25, -0.2) is 9.67 Å². The van der Waals surface area contributed by atoms with E-state index in [4.69, 9.17) is 0 Å². The van der Waals surface area contributed by atoms with E-state index in [1.165, 1.54) is 5.56 Å². The molecule has 0 spiro atoms. The maximum Gasteiger partial charge on any atom is 0.291 e. The molecule has 1 aliphatic rings. The molecular formula is C24H29N5O. The second-order valence-electron chi connectivity index (χ2n) is 8.09. The summed E-state index contributed by atoms with van der Waals surface area (Å²) in [6.45, 7) is 4.05. The van der Waals surface area contributed by atoms with Gasteiger partial charge in [-0.05, 0) is 63.5 Å². The summed E-state index contributed by atoms with van der Waals surface area (Å²) in [6, 6.07) is 18.6. The lowest BCUT2D eigenvalue weighted by Crippen LogP contribution is -2.43. The molecule has 156 valence electrons. The summed E-state index contributed by atoms with van der Waals surface area (Å²) >= 11 is 0. The molecule has 0 atom stereocenters. The molecule has 0 aliphatic carbocycles. The molecule has 0 radical (unpaired) electrons. The molecule has 3 aromatic rings. The number of nitrogens with zero attached hydrogens (tertiary/aromatic N) is 4. The molecule has 0 saturated carbocycles. The molecule has 2 heterocycles. The monoisotopic (exact) mass is 403 g/mol. The maximum atomic E-state index is 12.9. The van der Waals surface area contributed by atoms with E-state index < -0.39 is 0 Å². The fourth-order valence-electron chi connectivity index (χ4n) is 3.90. The second-order valence-corrected chi connectivity index (χ2v) is 8.09. The van der Waals surface area contributed by atoms with E-state index in [-0.39, 0.29) is 17.8 Å². The van der Waals surface area contributed by atoms with Crippen molar-refractivity contribution in [1.82, 2.24) is 25.0 Å². The Morgan fingerprint density at radius 1 is 1.03 bits per heavy atom. The van der Waals surface area contributed by atoms with E-state index in [1.54, 1.807) is 0 Å². The van der Waals surface area contributed by atoms with Gasteiger partial charge in [-0.2, -0.15) is 0 Å². The molecule has 0 unspecified atom stereocenters. The van der Waals surface area contributed by atoms with Crippen LogP contribution in [0.2, 0.25) is 0 Å². The zero-order valence-electron chi connectivity index (χ0n) is 17.7. The van der Waals surface area contributed by atoms with E-state index in [2.05, 4.69) is 52.5 Å². The number of aryl methyl sites for hydroxylation is 3. The molecule has 1 aliphatic heterocycles. The predicted molar refractivity (Wildman–Crippen MR) is 118 cm³/mol. The van der Waals surface area contributed by atoms with Gasteiger partial charge in [-0.15, -0.1) is 5.10 Å². The third-order valence-electron chi connectivity index (χ3n) is 5.75. The normalized spacial score (nSPS) is 15.3. The van der Waals surface area contributed by atoms with Crippen molar-refractivity contribution in [3.8, 4) is 5.69 Å². The van der Waals surface area contributed by atoms with Crippen LogP contribution in [0.1, 0.15) is 40.4 Å². The van der Waals surface area contributed by atoms with Gasteiger partial charge in [0.1, 0.15) is 5.82 Å². The summed E-state index contributed by atoms with van der Waals surface area (Å²) in [6.07, 6.45) is 3.48. The Morgan fingerprint density at radius 3 is 2.47 bits per heavy atom. The predicted octanol–water partition coefficient (Wildman–Crippen LogP) is 3.18. The Kier molecular flexibility index (Phi) is 6.23. The van der Waals surface area contributed by atoms with E-state index in [0.29, 0.717) is 6.42 Å². The fourth-order valence-corrected chi connectivity index (χ4v) is 3.90. The Morgan fingerprint density at radius 2 is 1.73 bits per heavy atom. The summed E-state index contributed by atoms with van der Waals surface area (Å²) < 4.78 is 1.84. The number of carbonyl (C=O) groups excluding carboxylic acids is 1. The van der Waals surface area contributed by atoms with Crippen molar-refractivity contribution in [2.45, 2.75) is 38.6 Å². The SMILES string of the molecule is Cc1ccccc1-n1nc(C(=O)NC2CCN(C)CC2)nc1CCc1ccccc1. The van der Waals surface area contributed by atoms with Crippen LogP contribution in [-0.4, -0.2) is 51.8 Å². The van der Waals surface area contributed by atoms with Crippen LogP contribution >= 0.6 is 0 Å². The molecule has 1 saturated heterocycles. The minimum absolute atomic E-state index is 0.183. The van der Waals surface area contributed by atoms with Crippen LogP contribution in [0.3, 0.4) is 0 Å². The number of carbonyl (C=O) groups is 1. The van der Waals surface area contributed by atoms with E-state index in [1.807, 2.05) is 41.1 Å². The minimum atomic E-state index is -0.183. The van der Waals surface area contributed by atoms with Crippen LogP contribution in [0.4, 0.5) is 0 Å². The highest BCUT2D eigenvalue weighted by atomic mass is 16.2. The van der Waals surface area contributed by atoms with Gasteiger partial charge in [0.25, 0.3) is 5.91 Å². The van der Waals surface area contributed by atoms with Crippen LogP contribution in [0.15, 0.2) is 54.6 Å². The number of hydrogen-bond donors (Lipinski definition) is 1. The number of amides is 1. The molecule has 6 heteroatoms. The molecule has 2 aromatic carbocycles. The van der Waals surface area contributed by atoms with Gasteiger partial charge in [0.2, 0.25) is 5.82 Å². The van der Waals surface area contributed by atoms with Crippen LogP contribution in [-0.2, 0) is 12.8 Å². The summed E-state index contributed by atoms with van der Waals surface area (Å²) in [5, 5.41) is 7.75. The van der Waals surface area contributed by atoms with Crippen LogP contribution in [0.5, 0.6) is 0 Å².